The number of aromatic nitrogens is 2. The third kappa shape index (κ3) is 4.82. The lowest BCUT2D eigenvalue weighted by Crippen LogP contribution is -2.11. The van der Waals surface area contributed by atoms with Crippen LogP contribution in [0.2, 0.25) is 0 Å². The topological polar surface area (TPSA) is 88.0 Å². The number of hydrogen-bond donors (Lipinski definition) is 1. The van der Waals surface area contributed by atoms with Gasteiger partial charge >= 0.3 is 0 Å². The monoisotopic (exact) mass is 389 g/mol. The van der Waals surface area contributed by atoms with Crippen molar-refractivity contribution >= 4 is 22.6 Å². The first kappa shape index (κ1) is 20.2. The van der Waals surface area contributed by atoms with Crippen LogP contribution in [0.4, 0.5) is 0 Å². The van der Waals surface area contributed by atoms with Gasteiger partial charge in [0.2, 0.25) is 0 Å². The van der Waals surface area contributed by atoms with E-state index in [0.717, 1.165) is 18.4 Å². The first-order chi connectivity index (χ1) is 14.2. The maximum absolute atomic E-state index is 12.3. The van der Waals surface area contributed by atoms with Gasteiger partial charge in [-0.3, -0.25) is 4.79 Å². The molecule has 0 fully saturated rings. The van der Waals surface area contributed by atoms with Crippen LogP contribution in [0.3, 0.4) is 0 Å². The van der Waals surface area contributed by atoms with Gasteiger partial charge in [0.15, 0.2) is 17.3 Å². The zero-order valence-electron chi connectivity index (χ0n) is 16.6. The fraction of sp³-hybridized carbons (Fsp3) is 0.261. The smallest absolute Gasteiger partial charge is 0.259 e. The molecule has 0 aliphatic heterocycles. The number of ether oxygens (including phenoxy) is 2. The summed E-state index contributed by atoms with van der Waals surface area (Å²) < 4.78 is 11.5. The summed E-state index contributed by atoms with van der Waals surface area (Å²) in [5.74, 6) is 1.53. The number of nitrogens with one attached hydrogen (secondary N) is 1. The second kappa shape index (κ2) is 9.56. The van der Waals surface area contributed by atoms with Gasteiger partial charge in [-0.05, 0) is 49.2 Å². The second-order valence-corrected chi connectivity index (χ2v) is 6.44. The van der Waals surface area contributed by atoms with Crippen molar-refractivity contribution in [1.82, 2.24) is 9.97 Å². The molecule has 3 rings (SSSR count). The molecule has 0 atom stereocenters. The van der Waals surface area contributed by atoms with E-state index in [2.05, 4.69) is 23.0 Å². The van der Waals surface area contributed by atoms with Crippen LogP contribution in [-0.4, -0.2) is 23.2 Å². The van der Waals surface area contributed by atoms with Crippen molar-refractivity contribution in [2.75, 3.05) is 13.2 Å². The number of nitriles is 1. The van der Waals surface area contributed by atoms with Gasteiger partial charge in [0.25, 0.3) is 5.56 Å². The van der Waals surface area contributed by atoms with E-state index in [4.69, 9.17) is 9.47 Å². The summed E-state index contributed by atoms with van der Waals surface area (Å²) in [5, 5.41) is 10.1. The molecule has 0 radical (unpaired) electrons. The standard InChI is InChI=1S/C23H23N3O3/c1-3-5-12-29-20-11-10-16(14-21(20)28-4-2)13-17(15-24)22-25-19-9-7-6-8-18(19)23(27)26-22/h6-11,13-14H,3-5,12H2,1-2H3,(H,25,26,27)/b17-13+. The lowest BCUT2D eigenvalue weighted by molar-refractivity contribution is 0.272. The highest BCUT2D eigenvalue weighted by Gasteiger charge is 2.10. The summed E-state index contributed by atoms with van der Waals surface area (Å²) in [6.07, 6.45) is 3.69. The zero-order valence-corrected chi connectivity index (χ0v) is 16.6. The van der Waals surface area contributed by atoms with Crippen LogP contribution >= 0.6 is 0 Å². The Morgan fingerprint density at radius 2 is 2.00 bits per heavy atom. The molecule has 0 bridgehead atoms. The Labute approximate surface area is 169 Å². The highest BCUT2D eigenvalue weighted by atomic mass is 16.5. The Balaban J connectivity index is 1.97. The van der Waals surface area contributed by atoms with Crippen molar-refractivity contribution in [2.45, 2.75) is 26.7 Å². The Morgan fingerprint density at radius 1 is 1.17 bits per heavy atom. The molecular weight excluding hydrogens is 366 g/mol. The van der Waals surface area contributed by atoms with Crippen LogP contribution in [0, 0.1) is 11.3 Å². The van der Waals surface area contributed by atoms with Crippen molar-refractivity contribution in [3.63, 3.8) is 0 Å². The molecular formula is C23H23N3O3. The average Bonchev–Trinajstić information content (AvgIpc) is 2.73. The molecule has 0 aliphatic rings. The highest BCUT2D eigenvalue weighted by Crippen LogP contribution is 2.30. The molecule has 1 heterocycles. The minimum atomic E-state index is -0.276. The van der Waals surface area contributed by atoms with Crippen molar-refractivity contribution < 1.29 is 9.47 Å². The zero-order chi connectivity index (χ0) is 20.6. The van der Waals surface area contributed by atoms with Crippen molar-refractivity contribution in [3.05, 3.63) is 64.2 Å². The van der Waals surface area contributed by atoms with Gasteiger partial charge in [0, 0.05) is 0 Å². The molecule has 0 saturated carbocycles. The summed E-state index contributed by atoms with van der Waals surface area (Å²) in [5.41, 5.74) is 1.28. The third-order valence-electron chi connectivity index (χ3n) is 4.32. The maximum Gasteiger partial charge on any atom is 0.259 e. The van der Waals surface area contributed by atoms with Gasteiger partial charge in [0.05, 0.1) is 29.7 Å². The number of allylic oxidation sites excluding steroid dienone is 1. The predicted molar refractivity (Wildman–Crippen MR) is 114 cm³/mol. The SMILES string of the molecule is CCCCOc1ccc(/C=C(\C#N)c2nc3ccccc3c(=O)[nH]2)cc1OCC. The summed E-state index contributed by atoms with van der Waals surface area (Å²) >= 11 is 0. The molecule has 0 spiro atoms. The molecule has 29 heavy (non-hydrogen) atoms. The van der Waals surface area contributed by atoms with Crippen LogP contribution < -0.4 is 15.0 Å². The first-order valence-electron chi connectivity index (χ1n) is 9.67. The molecule has 3 aromatic rings. The molecule has 148 valence electrons. The third-order valence-corrected chi connectivity index (χ3v) is 4.32. The van der Waals surface area contributed by atoms with Crippen molar-refractivity contribution in [3.8, 4) is 17.6 Å². The first-order valence-corrected chi connectivity index (χ1v) is 9.67. The Kier molecular flexibility index (Phi) is 6.64. The summed E-state index contributed by atoms with van der Waals surface area (Å²) in [6, 6.07) is 14.7. The summed E-state index contributed by atoms with van der Waals surface area (Å²) in [4.78, 5) is 19.4. The number of H-pyrrole nitrogens is 1. The minimum absolute atomic E-state index is 0.234. The van der Waals surface area contributed by atoms with Gasteiger partial charge in [-0.15, -0.1) is 0 Å². The Hall–Kier alpha value is -3.59. The van der Waals surface area contributed by atoms with Crippen LogP contribution in [-0.2, 0) is 0 Å². The van der Waals surface area contributed by atoms with E-state index >= 15 is 0 Å². The molecule has 1 aromatic heterocycles. The quantitative estimate of drug-likeness (QED) is 0.450. The number of hydrogen-bond acceptors (Lipinski definition) is 5. The van der Waals surface area contributed by atoms with Crippen LogP contribution in [0.25, 0.3) is 22.6 Å². The number of benzene rings is 2. The van der Waals surface area contributed by atoms with E-state index < -0.39 is 0 Å². The number of fused-ring (bicyclic) bond motifs is 1. The molecule has 0 aliphatic carbocycles. The molecule has 6 nitrogen and oxygen atoms in total. The number of rotatable bonds is 8. The largest absolute Gasteiger partial charge is 0.490 e. The number of unbranched alkanes of at least 4 members (excludes halogenated alkanes) is 1. The molecule has 2 aromatic carbocycles. The maximum atomic E-state index is 12.3. The second-order valence-electron chi connectivity index (χ2n) is 6.44. The average molecular weight is 389 g/mol. The molecule has 0 saturated heterocycles. The minimum Gasteiger partial charge on any atom is -0.490 e. The van der Waals surface area contributed by atoms with Gasteiger partial charge in [-0.1, -0.05) is 31.5 Å². The molecule has 1 N–H and O–H groups in total. The van der Waals surface area contributed by atoms with Crippen LogP contribution in [0.1, 0.15) is 38.1 Å². The summed E-state index contributed by atoms with van der Waals surface area (Å²) in [7, 11) is 0. The van der Waals surface area contributed by atoms with Crippen LogP contribution in [0.15, 0.2) is 47.3 Å². The fourth-order valence-electron chi connectivity index (χ4n) is 2.86. The van der Waals surface area contributed by atoms with E-state index in [0.29, 0.717) is 35.6 Å². The van der Waals surface area contributed by atoms with Crippen molar-refractivity contribution in [2.24, 2.45) is 0 Å². The Bertz CT molecular complexity index is 1130. The number of nitrogens with zero attached hydrogens (tertiary/aromatic N) is 2. The Morgan fingerprint density at radius 3 is 2.76 bits per heavy atom. The molecule has 0 amide bonds. The number of aromatic amines is 1. The fourth-order valence-corrected chi connectivity index (χ4v) is 2.86. The number of para-hydroxylation sites is 1. The van der Waals surface area contributed by atoms with Crippen LogP contribution in [0.5, 0.6) is 11.5 Å². The normalized spacial score (nSPS) is 11.3. The van der Waals surface area contributed by atoms with Gasteiger partial charge < -0.3 is 14.5 Å². The van der Waals surface area contributed by atoms with E-state index in [1.165, 1.54) is 0 Å². The predicted octanol–water partition coefficient (Wildman–Crippen LogP) is 4.56. The van der Waals surface area contributed by atoms with E-state index in [1.54, 1.807) is 30.3 Å². The van der Waals surface area contributed by atoms with E-state index in [1.807, 2.05) is 25.1 Å². The van der Waals surface area contributed by atoms with E-state index in [-0.39, 0.29) is 17.0 Å². The van der Waals surface area contributed by atoms with Gasteiger partial charge in [-0.2, -0.15) is 5.26 Å². The van der Waals surface area contributed by atoms with E-state index in [9.17, 15) is 10.1 Å². The lowest BCUT2D eigenvalue weighted by Gasteiger charge is -2.12. The highest BCUT2D eigenvalue weighted by molar-refractivity contribution is 5.89. The summed E-state index contributed by atoms with van der Waals surface area (Å²) in [6.45, 7) is 5.14. The lowest BCUT2D eigenvalue weighted by atomic mass is 10.1. The van der Waals surface area contributed by atoms with Gasteiger partial charge in [0.1, 0.15) is 6.07 Å². The molecule has 0 unspecified atom stereocenters. The van der Waals surface area contributed by atoms with Gasteiger partial charge in [-0.25, -0.2) is 4.98 Å². The van der Waals surface area contributed by atoms with Crippen molar-refractivity contribution in [1.29, 1.82) is 5.26 Å². The molecule has 6 heteroatoms.